The van der Waals surface area contributed by atoms with Gasteiger partial charge < -0.3 is 4.90 Å². The van der Waals surface area contributed by atoms with Crippen LogP contribution in [0.4, 0.5) is 5.69 Å². The van der Waals surface area contributed by atoms with Crippen LogP contribution in [0.25, 0.3) is 0 Å². The lowest BCUT2D eigenvalue weighted by molar-refractivity contribution is 0.0833. The lowest BCUT2D eigenvalue weighted by Crippen LogP contribution is -2.53. The summed E-state index contributed by atoms with van der Waals surface area (Å²) in [5.41, 5.74) is 2.92. The molecule has 0 fully saturated rings. The third-order valence-corrected chi connectivity index (χ3v) is 4.13. The number of hydrogen-bond acceptors (Lipinski definition) is 3. The standard InChI is InChI=1S/C18H17N3O/c22-17-15-9-4-5-10-16(15)21(13-14-7-2-1-3-8-14)18-19-11-6-12-20(17)18/h1-5,7-10H,6,11-13H2. The van der Waals surface area contributed by atoms with E-state index in [1.54, 1.807) is 0 Å². The Morgan fingerprint density at radius 1 is 1.00 bits per heavy atom. The van der Waals surface area contributed by atoms with Gasteiger partial charge >= 0.3 is 0 Å². The summed E-state index contributed by atoms with van der Waals surface area (Å²) in [6.45, 7) is 2.25. The van der Waals surface area contributed by atoms with Crippen molar-refractivity contribution in [3.8, 4) is 0 Å². The van der Waals surface area contributed by atoms with E-state index < -0.39 is 0 Å². The third-order valence-electron chi connectivity index (χ3n) is 4.13. The van der Waals surface area contributed by atoms with Crippen LogP contribution in [0.15, 0.2) is 59.6 Å². The fourth-order valence-electron chi connectivity index (χ4n) is 3.08. The fourth-order valence-corrected chi connectivity index (χ4v) is 3.08. The number of amides is 1. The molecule has 4 heteroatoms. The molecule has 0 saturated carbocycles. The van der Waals surface area contributed by atoms with Gasteiger partial charge in [-0.25, -0.2) is 0 Å². The molecule has 0 unspecified atom stereocenters. The van der Waals surface area contributed by atoms with Crippen molar-refractivity contribution >= 4 is 17.6 Å². The van der Waals surface area contributed by atoms with Crippen LogP contribution in [0.5, 0.6) is 0 Å². The molecule has 0 saturated heterocycles. The summed E-state index contributed by atoms with van der Waals surface area (Å²) >= 11 is 0. The van der Waals surface area contributed by atoms with Gasteiger partial charge in [0.1, 0.15) is 0 Å². The Bertz CT molecular complexity index is 739. The Kier molecular flexibility index (Phi) is 3.15. The highest BCUT2D eigenvalue weighted by atomic mass is 16.2. The predicted molar refractivity (Wildman–Crippen MR) is 87.0 cm³/mol. The summed E-state index contributed by atoms with van der Waals surface area (Å²) in [6, 6.07) is 18.1. The Morgan fingerprint density at radius 2 is 1.77 bits per heavy atom. The maximum atomic E-state index is 12.7. The van der Waals surface area contributed by atoms with Crippen LogP contribution in [-0.4, -0.2) is 29.9 Å². The van der Waals surface area contributed by atoms with Gasteiger partial charge in [-0.2, -0.15) is 0 Å². The minimum atomic E-state index is 0.0679. The molecule has 2 aliphatic rings. The van der Waals surface area contributed by atoms with E-state index in [0.29, 0.717) is 0 Å². The van der Waals surface area contributed by atoms with Crippen LogP contribution < -0.4 is 4.90 Å². The second-order valence-electron chi connectivity index (χ2n) is 5.58. The molecule has 2 heterocycles. The van der Waals surface area contributed by atoms with E-state index in [9.17, 15) is 4.79 Å². The number of guanidine groups is 1. The predicted octanol–water partition coefficient (Wildman–Crippen LogP) is 2.91. The number of anilines is 1. The van der Waals surface area contributed by atoms with Gasteiger partial charge in [0.25, 0.3) is 5.91 Å². The molecule has 110 valence electrons. The van der Waals surface area contributed by atoms with E-state index in [-0.39, 0.29) is 5.91 Å². The Labute approximate surface area is 129 Å². The summed E-state index contributed by atoms with van der Waals surface area (Å²) in [5, 5.41) is 0. The number of benzene rings is 2. The zero-order valence-corrected chi connectivity index (χ0v) is 12.3. The first kappa shape index (κ1) is 13.1. The van der Waals surface area contributed by atoms with Crippen LogP contribution >= 0.6 is 0 Å². The first-order chi connectivity index (χ1) is 10.8. The van der Waals surface area contributed by atoms with E-state index in [2.05, 4.69) is 22.0 Å². The molecule has 2 aromatic rings. The SMILES string of the molecule is O=C1c2ccccc2N(Cc2ccccc2)C2=NCCCN12. The molecule has 0 atom stereocenters. The first-order valence-corrected chi connectivity index (χ1v) is 7.61. The minimum absolute atomic E-state index is 0.0679. The summed E-state index contributed by atoms with van der Waals surface area (Å²) < 4.78 is 0. The van der Waals surface area contributed by atoms with E-state index >= 15 is 0 Å². The van der Waals surface area contributed by atoms with Crippen molar-refractivity contribution in [3.63, 3.8) is 0 Å². The number of hydrogen-bond donors (Lipinski definition) is 0. The molecular formula is C18H17N3O. The Balaban J connectivity index is 1.81. The molecule has 0 N–H and O–H groups in total. The maximum Gasteiger partial charge on any atom is 0.262 e. The topological polar surface area (TPSA) is 35.9 Å². The maximum absolute atomic E-state index is 12.7. The van der Waals surface area contributed by atoms with Crippen molar-refractivity contribution in [1.82, 2.24) is 4.90 Å². The lowest BCUT2D eigenvalue weighted by atomic mass is 10.1. The van der Waals surface area contributed by atoms with Gasteiger partial charge in [-0.3, -0.25) is 14.7 Å². The number of rotatable bonds is 2. The van der Waals surface area contributed by atoms with Gasteiger partial charge in [-0.15, -0.1) is 0 Å². The molecule has 0 aromatic heterocycles. The van der Waals surface area contributed by atoms with Gasteiger partial charge in [0.05, 0.1) is 17.8 Å². The quantitative estimate of drug-likeness (QED) is 0.853. The second kappa shape index (κ2) is 5.30. The Morgan fingerprint density at radius 3 is 2.64 bits per heavy atom. The van der Waals surface area contributed by atoms with Crippen LogP contribution in [0, 0.1) is 0 Å². The number of carbonyl (C=O) groups excluding carboxylic acids is 1. The van der Waals surface area contributed by atoms with E-state index in [0.717, 1.165) is 43.3 Å². The van der Waals surface area contributed by atoms with Crippen molar-refractivity contribution in [3.05, 3.63) is 65.7 Å². The zero-order valence-electron chi connectivity index (χ0n) is 12.3. The highest BCUT2D eigenvalue weighted by Crippen LogP contribution is 2.31. The molecule has 2 aliphatic heterocycles. The summed E-state index contributed by atoms with van der Waals surface area (Å²) in [5.74, 6) is 0.858. The lowest BCUT2D eigenvalue weighted by Gasteiger charge is -2.40. The molecule has 0 aliphatic carbocycles. The van der Waals surface area contributed by atoms with E-state index in [4.69, 9.17) is 0 Å². The van der Waals surface area contributed by atoms with Crippen LogP contribution in [0.3, 0.4) is 0 Å². The Hall–Kier alpha value is -2.62. The van der Waals surface area contributed by atoms with Crippen molar-refractivity contribution in [2.75, 3.05) is 18.0 Å². The highest BCUT2D eigenvalue weighted by Gasteiger charge is 2.35. The summed E-state index contributed by atoms with van der Waals surface area (Å²) in [4.78, 5) is 21.3. The summed E-state index contributed by atoms with van der Waals surface area (Å²) in [6.07, 6.45) is 0.927. The van der Waals surface area contributed by atoms with Crippen LogP contribution in [-0.2, 0) is 6.54 Å². The highest BCUT2D eigenvalue weighted by molar-refractivity contribution is 6.18. The number of nitrogens with zero attached hydrogens (tertiary/aromatic N) is 3. The van der Waals surface area contributed by atoms with Crippen LogP contribution in [0.1, 0.15) is 22.3 Å². The van der Waals surface area contributed by atoms with Crippen molar-refractivity contribution in [2.45, 2.75) is 13.0 Å². The van der Waals surface area contributed by atoms with Gasteiger partial charge in [-0.05, 0) is 24.1 Å². The summed E-state index contributed by atoms with van der Waals surface area (Å²) in [7, 11) is 0. The van der Waals surface area contributed by atoms with Crippen molar-refractivity contribution in [2.24, 2.45) is 4.99 Å². The monoisotopic (exact) mass is 291 g/mol. The normalized spacial score (nSPS) is 16.9. The molecule has 1 amide bonds. The van der Waals surface area contributed by atoms with Crippen LogP contribution in [0.2, 0.25) is 0 Å². The molecule has 4 nitrogen and oxygen atoms in total. The van der Waals surface area contributed by atoms with E-state index in [1.807, 2.05) is 47.4 Å². The zero-order chi connectivity index (χ0) is 14.9. The van der Waals surface area contributed by atoms with E-state index in [1.165, 1.54) is 5.56 Å². The molecule has 4 rings (SSSR count). The number of fused-ring (bicyclic) bond motifs is 2. The molecule has 0 spiro atoms. The molecular weight excluding hydrogens is 274 g/mol. The van der Waals surface area contributed by atoms with Gasteiger partial charge in [-0.1, -0.05) is 42.5 Å². The average Bonchev–Trinajstić information content (AvgIpc) is 2.59. The molecule has 0 bridgehead atoms. The average molecular weight is 291 g/mol. The van der Waals surface area contributed by atoms with Gasteiger partial charge in [0.2, 0.25) is 5.96 Å². The third kappa shape index (κ3) is 2.08. The molecule has 2 aromatic carbocycles. The van der Waals surface area contributed by atoms with Crippen molar-refractivity contribution in [1.29, 1.82) is 0 Å². The number of para-hydroxylation sites is 1. The smallest absolute Gasteiger partial charge is 0.262 e. The largest absolute Gasteiger partial charge is 0.307 e. The number of aliphatic imine (C=N–C) groups is 1. The fraction of sp³-hybridized carbons (Fsp3) is 0.222. The minimum Gasteiger partial charge on any atom is -0.307 e. The number of carbonyl (C=O) groups is 1. The van der Waals surface area contributed by atoms with Gasteiger partial charge in [0.15, 0.2) is 0 Å². The molecule has 22 heavy (non-hydrogen) atoms. The second-order valence-corrected chi connectivity index (χ2v) is 5.58. The first-order valence-electron chi connectivity index (χ1n) is 7.61. The van der Waals surface area contributed by atoms with Crippen molar-refractivity contribution < 1.29 is 4.79 Å². The molecule has 0 radical (unpaired) electrons. The van der Waals surface area contributed by atoms with Gasteiger partial charge in [0, 0.05) is 13.1 Å².